The van der Waals surface area contributed by atoms with Gasteiger partial charge in [0.2, 0.25) is 0 Å². The van der Waals surface area contributed by atoms with Crippen molar-refractivity contribution >= 4 is 0 Å². The molecule has 1 fully saturated rings. The largest absolute Gasteiger partial charge is 0.389 e. The van der Waals surface area contributed by atoms with Crippen LogP contribution in [0.5, 0.6) is 0 Å². The summed E-state index contributed by atoms with van der Waals surface area (Å²) in [6.07, 6.45) is 3.90. The maximum atomic E-state index is 13.5. The zero-order valence-electron chi connectivity index (χ0n) is 10.3. The molecule has 0 spiro atoms. The van der Waals surface area contributed by atoms with Gasteiger partial charge in [0.25, 0.3) is 0 Å². The average molecular weight is 237 g/mol. The molecule has 0 amide bonds. The zero-order valence-corrected chi connectivity index (χ0v) is 10.3. The summed E-state index contributed by atoms with van der Waals surface area (Å²) in [5, 5.41) is 13.3. The van der Waals surface area contributed by atoms with Gasteiger partial charge >= 0.3 is 0 Å². The number of rotatable bonds is 4. The maximum absolute atomic E-state index is 13.5. The predicted molar refractivity (Wildman–Crippen MR) is 66.3 cm³/mol. The van der Waals surface area contributed by atoms with E-state index in [1.54, 1.807) is 6.07 Å². The molecule has 0 saturated heterocycles. The van der Waals surface area contributed by atoms with Gasteiger partial charge in [-0.25, -0.2) is 4.39 Å². The molecule has 1 saturated carbocycles. The third-order valence-electron chi connectivity index (χ3n) is 3.50. The van der Waals surface area contributed by atoms with Gasteiger partial charge in [-0.1, -0.05) is 30.5 Å². The van der Waals surface area contributed by atoms with Crippen LogP contribution in [0.3, 0.4) is 0 Å². The van der Waals surface area contributed by atoms with Crippen molar-refractivity contribution in [1.29, 1.82) is 0 Å². The molecule has 2 N–H and O–H groups in total. The van der Waals surface area contributed by atoms with E-state index in [1.165, 1.54) is 6.07 Å². The minimum absolute atomic E-state index is 0.179. The van der Waals surface area contributed by atoms with Crippen molar-refractivity contribution in [2.24, 2.45) is 0 Å². The lowest BCUT2D eigenvalue weighted by molar-refractivity contribution is 0.0474. The molecule has 1 aliphatic rings. The second kappa shape index (κ2) is 5.15. The van der Waals surface area contributed by atoms with E-state index < -0.39 is 5.60 Å². The molecular formula is C14H20FNO. The van der Waals surface area contributed by atoms with Gasteiger partial charge in [0.05, 0.1) is 5.60 Å². The molecule has 2 nitrogen and oxygen atoms in total. The minimum atomic E-state index is -0.569. The molecule has 94 valence electrons. The second-order valence-corrected chi connectivity index (χ2v) is 5.13. The lowest BCUT2D eigenvalue weighted by Crippen LogP contribution is -2.37. The number of halogens is 1. The Morgan fingerprint density at radius 3 is 2.76 bits per heavy atom. The summed E-state index contributed by atoms with van der Waals surface area (Å²) in [6.45, 7) is 2.99. The van der Waals surface area contributed by atoms with Crippen LogP contribution in [0.2, 0.25) is 0 Å². The van der Waals surface area contributed by atoms with Gasteiger partial charge in [-0.05, 0) is 25.8 Å². The first kappa shape index (κ1) is 12.5. The van der Waals surface area contributed by atoms with Gasteiger partial charge in [-0.2, -0.15) is 0 Å². The molecule has 0 radical (unpaired) electrons. The third-order valence-corrected chi connectivity index (χ3v) is 3.50. The molecule has 0 atom stereocenters. The molecule has 1 aromatic rings. The van der Waals surface area contributed by atoms with E-state index >= 15 is 0 Å². The van der Waals surface area contributed by atoms with Crippen LogP contribution in [0.15, 0.2) is 18.2 Å². The molecule has 0 unspecified atom stereocenters. The van der Waals surface area contributed by atoms with Crippen molar-refractivity contribution in [3.05, 3.63) is 35.1 Å². The molecule has 0 aromatic heterocycles. The van der Waals surface area contributed by atoms with Gasteiger partial charge in [0.15, 0.2) is 0 Å². The molecule has 2 rings (SSSR count). The van der Waals surface area contributed by atoms with Crippen molar-refractivity contribution in [1.82, 2.24) is 5.32 Å². The Balaban J connectivity index is 1.87. The number of hydrogen-bond donors (Lipinski definition) is 2. The number of nitrogens with one attached hydrogen (secondary N) is 1. The highest BCUT2D eigenvalue weighted by Crippen LogP contribution is 2.28. The highest BCUT2D eigenvalue weighted by Gasteiger charge is 2.30. The zero-order chi connectivity index (χ0) is 12.3. The van der Waals surface area contributed by atoms with Crippen molar-refractivity contribution in [2.45, 2.75) is 44.8 Å². The average Bonchev–Trinajstić information content (AvgIpc) is 2.71. The number of aryl methyl sites for hydroxylation is 1. The summed E-state index contributed by atoms with van der Waals surface area (Å²) in [5.74, 6) is -0.179. The minimum Gasteiger partial charge on any atom is -0.389 e. The van der Waals surface area contributed by atoms with Gasteiger partial charge in [-0.15, -0.1) is 0 Å². The van der Waals surface area contributed by atoms with Crippen LogP contribution in [0, 0.1) is 12.7 Å². The molecule has 17 heavy (non-hydrogen) atoms. The molecule has 1 aromatic carbocycles. The second-order valence-electron chi connectivity index (χ2n) is 5.13. The number of aliphatic hydroxyl groups is 1. The smallest absolute Gasteiger partial charge is 0.127 e. The SMILES string of the molecule is Cc1ccc(F)c(CNCC2(O)CCCC2)c1. The van der Waals surface area contributed by atoms with Crippen molar-refractivity contribution in [2.75, 3.05) is 6.54 Å². The summed E-state index contributed by atoms with van der Waals surface area (Å²) in [6, 6.07) is 5.11. The quantitative estimate of drug-likeness (QED) is 0.843. The molecular weight excluding hydrogens is 217 g/mol. The first-order valence-electron chi connectivity index (χ1n) is 6.27. The maximum Gasteiger partial charge on any atom is 0.127 e. The van der Waals surface area contributed by atoms with Crippen molar-refractivity contribution in [3.8, 4) is 0 Å². The highest BCUT2D eigenvalue weighted by atomic mass is 19.1. The monoisotopic (exact) mass is 237 g/mol. The number of hydrogen-bond acceptors (Lipinski definition) is 2. The summed E-state index contributed by atoms with van der Waals surface area (Å²) in [4.78, 5) is 0. The van der Waals surface area contributed by atoms with E-state index in [0.29, 0.717) is 18.7 Å². The van der Waals surface area contributed by atoms with Crippen molar-refractivity contribution < 1.29 is 9.50 Å². The topological polar surface area (TPSA) is 32.3 Å². The van der Waals surface area contributed by atoms with Gasteiger partial charge in [0.1, 0.15) is 5.82 Å². The van der Waals surface area contributed by atoms with Gasteiger partial charge in [0, 0.05) is 18.7 Å². The van der Waals surface area contributed by atoms with Crippen LogP contribution in [0.25, 0.3) is 0 Å². The normalized spacial score (nSPS) is 18.5. The van der Waals surface area contributed by atoms with Crippen LogP contribution in [0.4, 0.5) is 4.39 Å². The number of benzene rings is 1. The molecule has 0 bridgehead atoms. The Morgan fingerprint density at radius 2 is 2.06 bits per heavy atom. The fourth-order valence-electron chi connectivity index (χ4n) is 2.48. The van der Waals surface area contributed by atoms with Gasteiger partial charge in [-0.3, -0.25) is 0 Å². The van der Waals surface area contributed by atoms with E-state index in [0.717, 1.165) is 31.2 Å². The Hall–Kier alpha value is -0.930. The Kier molecular flexibility index (Phi) is 3.79. The van der Waals surface area contributed by atoms with Crippen LogP contribution < -0.4 is 5.32 Å². The molecule has 0 heterocycles. The van der Waals surface area contributed by atoms with Crippen LogP contribution in [0.1, 0.15) is 36.8 Å². The van der Waals surface area contributed by atoms with Crippen LogP contribution in [-0.2, 0) is 6.54 Å². The third kappa shape index (κ3) is 3.27. The van der Waals surface area contributed by atoms with Crippen molar-refractivity contribution in [3.63, 3.8) is 0 Å². The van der Waals surface area contributed by atoms with Gasteiger partial charge < -0.3 is 10.4 Å². The summed E-state index contributed by atoms with van der Waals surface area (Å²) in [5.41, 5.74) is 1.16. The van der Waals surface area contributed by atoms with Crippen LogP contribution >= 0.6 is 0 Å². The highest BCUT2D eigenvalue weighted by molar-refractivity contribution is 5.23. The molecule has 1 aliphatic carbocycles. The molecule has 3 heteroatoms. The fourth-order valence-corrected chi connectivity index (χ4v) is 2.48. The van der Waals surface area contributed by atoms with E-state index in [1.807, 2.05) is 13.0 Å². The predicted octanol–water partition coefficient (Wildman–Crippen LogP) is 2.53. The molecule has 0 aliphatic heterocycles. The van der Waals surface area contributed by atoms with E-state index in [4.69, 9.17) is 0 Å². The lowest BCUT2D eigenvalue weighted by Gasteiger charge is -2.22. The standard InChI is InChI=1S/C14H20FNO/c1-11-4-5-13(15)12(8-11)9-16-10-14(17)6-2-3-7-14/h4-5,8,16-17H,2-3,6-7,9-10H2,1H3. The summed E-state index contributed by atoms with van der Waals surface area (Å²) < 4.78 is 13.5. The summed E-state index contributed by atoms with van der Waals surface area (Å²) >= 11 is 0. The van der Waals surface area contributed by atoms with Crippen LogP contribution in [-0.4, -0.2) is 17.3 Å². The Morgan fingerprint density at radius 1 is 1.35 bits per heavy atom. The van der Waals surface area contributed by atoms with E-state index in [9.17, 15) is 9.50 Å². The van der Waals surface area contributed by atoms with E-state index in [2.05, 4.69) is 5.32 Å². The fraction of sp³-hybridized carbons (Fsp3) is 0.571. The first-order chi connectivity index (χ1) is 8.09. The lowest BCUT2D eigenvalue weighted by atomic mass is 10.0. The Bertz CT molecular complexity index is 386. The first-order valence-corrected chi connectivity index (χ1v) is 6.27. The Labute approximate surface area is 102 Å². The van der Waals surface area contributed by atoms with E-state index in [-0.39, 0.29) is 5.82 Å². The summed E-state index contributed by atoms with van der Waals surface area (Å²) in [7, 11) is 0.